The molecule has 1 heterocycles. The van der Waals surface area contributed by atoms with Crippen LogP contribution in [0.15, 0.2) is 36.9 Å². The molecule has 2 N–H and O–H groups in total. The zero-order valence-corrected chi connectivity index (χ0v) is 12.4. The Bertz CT molecular complexity index is 588. The number of nitrogens with two attached hydrogens (primary N) is 1. The fraction of sp³-hybridized carbons (Fsp3) is 0.375. The number of hydrogen-bond donors (Lipinski definition) is 1. The van der Waals surface area contributed by atoms with Crippen molar-refractivity contribution in [3.8, 4) is 11.3 Å². The lowest BCUT2D eigenvalue weighted by Gasteiger charge is -2.19. The van der Waals surface area contributed by atoms with E-state index in [0.29, 0.717) is 13.1 Å². The van der Waals surface area contributed by atoms with E-state index in [0.717, 1.165) is 17.0 Å². The van der Waals surface area contributed by atoms with Crippen molar-refractivity contribution in [1.29, 1.82) is 0 Å². The molecule has 0 amide bonds. The lowest BCUT2D eigenvalue weighted by atomic mass is 9.86. The van der Waals surface area contributed by atoms with Gasteiger partial charge >= 0.3 is 0 Å². The smallest absolute Gasteiger partial charge is 0.104 e. The van der Waals surface area contributed by atoms with Gasteiger partial charge < -0.3 is 5.73 Å². The van der Waals surface area contributed by atoms with Crippen LogP contribution in [0.25, 0.3) is 11.3 Å². The normalized spacial score (nSPS) is 11.6. The molecule has 2 rings (SSSR count). The Morgan fingerprint density at radius 3 is 2.40 bits per heavy atom. The van der Waals surface area contributed by atoms with Crippen molar-refractivity contribution >= 4 is 0 Å². The SMILES string of the molecule is C=CCn1nnc(CN)c1-c1ccc(C(C)(C)C)cc1. The third kappa shape index (κ3) is 2.80. The van der Waals surface area contributed by atoms with E-state index < -0.39 is 0 Å². The van der Waals surface area contributed by atoms with Gasteiger partial charge in [-0.3, -0.25) is 0 Å². The summed E-state index contributed by atoms with van der Waals surface area (Å²) >= 11 is 0. The van der Waals surface area contributed by atoms with E-state index in [9.17, 15) is 0 Å². The van der Waals surface area contributed by atoms with Crippen LogP contribution in [0, 0.1) is 0 Å². The van der Waals surface area contributed by atoms with Gasteiger partial charge in [0, 0.05) is 12.1 Å². The van der Waals surface area contributed by atoms with Crippen molar-refractivity contribution in [2.24, 2.45) is 5.73 Å². The standard InChI is InChI=1S/C16H22N4/c1-5-10-20-15(14(11-17)18-19-20)12-6-8-13(9-7-12)16(2,3)4/h5-9H,1,10-11,17H2,2-4H3. The summed E-state index contributed by atoms with van der Waals surface area (Å²) in [5, 5.41) is 8.28. The summed E-state index contributed by atoms with van der Waals surface area (Å²) < 4.78 is 1.83. The van der Waals surface area contributed by atoms with Crippen LogP contribution in [-0.4, -0.2) is 15.0 Å². The summed E-state index contributed by atoms with van der Waals surface area (Å²) in [5.74, 6) is 0. The second-order valence-electron chi connectivity index (χ2n) is 5.89. The summed E-state index contributed by atoms with van der Waals surface area (Å²) in [6.07, 6.45) is 1.81. The Balaban J connectivity index is 2.45. The van der Waals surface area contributed by atoms with E-state index in [1.165, 1.54) is 5.56 Å². The molecule has 1 aromatic carbocycles. The topological polar surface area (TPSA) is 56.7 Å². The van der Waals surface area contributed by atoms with Crippen LogP contribution in [0.1, 0.15) is 32.0 Å². The maximum absolute atomic E-state index is 5.75. The van der Waals surface area contributed by atoms with Crippen LogP contribution in [-0.2, 0) is 18.5 Å². The highest BCUT2D eigenvalue weighted by atomic mass is 15.4. The lowest BCUT2D eigenvalue weighted by molar-refractivity contribution is 0.590. The maximum Gasteiger partial charge on any atom is 0.104 e. The highest BCUT2D eigenvalue weighted by Gasteiger charge is 2.16. The van der Waals surface area contributed by atoms with Crippen LogP contribution in [0.5, 0.6) is 0 Å². The Kier molecular flexibility index (Phi) is 4.04. The minimum atomic E-state index is 0.148. The molecule has 20 heavy (non-hydrogen) atoms. The second kappa shape index (κ2) is 5.59. The molecule has 0 saturated carbocycles. The van der Waals surface area contributed by atoms with Crippen molar-refractivity contribution < 1.29 is 0 Å². The van der Waals surface area contributed by atoms with Crippen molar-refractivity contribution in [3.63, 3.8) is 0 Å². The average molecular weight is 270 g/mol. The van der Waals surface area contributed by atoms with Gasteiger partial charge in [0.05, 0.1) is 12.2 Å². The molecule has 1 aromatic heterocycles. The molecular weight excluding hydrogens is 248 g/mol. The Morgan fingerprint density at radius 2 is 1.90 bits per heavy atom. The zero-order chi connectivity index (χ0) is 14.8. The molecule has 106 valence electrons. The van der Waals surface area contributed by atoms with Crippen molar-refractivity contribution in [1.82, 2.24) is 15.0 Å². The number of allylic oxidation sites excluding steroid dienone is 1. The minimum Gasteiger partial charge on any atom is -0.325 e. The van der Waals surface area contributed by atoms with E-state index in [1.54, 1.807) is 0 Å². The van der Waals surface area contributed by atoms with E-state index in [1.807, 2.05) is 10.8 Å². The third-order valence-electron chi connectivity index (χ3n) is 3.32. The molecule has 0 atom stereocenters. The number of nitrogens with zero attached hydrogens (tertiary/aromatic N) is 3. The second-order valence-corrected chi connectivity index (χ2v) is 5.89. The first kappa shape index (κ1) is 14.5. The van der Waals surface area contributed by atoms with Gasteiger partial charge in [0.1, 0.15) is 5.69 Å². The number of rotatable bonds is 4. The molecule has 4 heteroatoms. The van der Waals surface area contributed by atoms with Gasteiger partial charge in [-0.2, -0.15) is 0 Å². The van der Waals surface area contributed by atoms with Gasteiger partial charge in [0.15, 0.2) is 0 Å². The molecular formula is C16H22N4. The summed E-state index contributed by atoms with van der Waals surface area (Å²) in [7, 11) is 0. The Morgan fingerprint density at radius 1 is 1.25 bits per heavy atom. The monoisotopic (exact) mass is 270 g/mol. The minimum absolute atomic E-state index is 0.148. The fourth-order valence-electron chi connectivity index (χ4n) is 2.18. The van der Waals surface area contributed by atoms with Crippen molar-refractivity contribution in [2.45, 2.75) is 39.3 Å². The first-order valence-electron chi connectivity index (χ1n) is 6.81. The van der Waals surface area contributed by atoms with Gasteiger partial charge in [-0.05, 0) is 11.0 Å². The Hall–Kier alpha value is -1.94. The molecule has 0 aliphatic carbocycles. The number of benzene rings is 1. The molecule has 0 spiro atoms. The van der Waals surface area contributed by atoms with Gasteiger partial charge in [-0.1, -0.05) is 56.3 Å². The average Bonchev–Trinajstić information content (AvgIpc) is 2.81. The molecule has 4 nitrogen and oxygen atoms in total. The summed E-state index contributed by atoms with van der Waals surface area (Å²) in [6.45, 7) is 11.4. The molecule has 0 aliphatic heterocycles. The Labute approximate surface area is 120 Å². The molecule has 0 aliphatic rings. The summed E-state index contributed by atoms with van der Waals surface area (Å²) in [6, 6.07) is 8.53. The van der Waals surface area contributed by atoms with Gasteiger partial charge in [-0.15, -0.1) is 11.7 Å². The van der Waals surface area contributed by atoms with E-state index in [4.69, 9.17) is 5.73 Å². The van der Waals surface area contributed by atoms with Crippen molar-refractivity contribution in [3.05, 3.63) is 48.2 Å². The van der Waals surface area contributed by atoms with Gasteiger partial charge in [-0.25, -0.2) is 4.68 Å². The van der Waals surface area contributed by atoms with Crippen LogP contribution in [0.4, 0.5) is 0 Å². The molecule has 2 aromatic rings. The number of hydrogen-bond acceptors (Lipinski definition) is 3. The highest BCUT2D eigenvalue weighted by molar-refractivity contribution is 5.62. The lowest BCUT2D eigenvalue weighted by Crippen LogP contribution is -2.10. The molecule has 0 bridgehead atoms. The first-order chi connectivity index (χ1) is 9.47. The van der Waals surface area contributed by atoms with Gasteiger partial charge in [0.25, 0.3) is 0 Å². The van der Waals surface area contributed by atoms with Gasteiger partial charge in [0.2, 0.25) is 0 Å². The molecule has 0 radical (unpaired) electrons. The molecule has 0 saturated heterocycles. The van der Waals surface area contributed by atoms with E-state index in [2.05, 4.69) is 61.9 Å². The molecule has 0 unspecified atom stereocenters. The number of aromatic nitrogens is 3. The van der Waals surface area contributed by atoms with Crippen molar-refractivity contribution in [2.75, 3.05) is 0 Å². The zero-order valence-electron chi connectivity index (χ0n) is 12.4. The van der Waals surface area contributed by atoms with Crippen LogP contribution >= 0.6 is 0 Å². The predicted octanol–water partition coefficient (Wildman–Crippen LogP) is 2.89. The quantitative estimate of drug-likeness (QED) is 0.869. The maximum atomic E-state index is 5.75. The fourth-order valence-corrected chi connectivity index (χ4v) is 2.18. The first-order valence-corrected chi connectivity index (χ1v) is 6.81. The van der Waals surface area contributed by atoms with Crippen LogP contribution in [0.2, 0.25) is 0 Å². The van der Waals surface area contributed by atoms with E-state index >= 15 is 0 Å². The summed E-state index contributed by atoms with van der Waals surface area (Å²) in [4.78, 5) is 0. The van der Waals surface area contributed by atoms with E-state index in [-0.39, 0.29) is 5.41 Å². The third-order valence-corrected chi connectivity index (χ3v) is 3.32. The molecule has 0 fully saturated rings. The largest absolute Gasteiger partial charge is 0.325 e. The predicted molar refractivity (Wildman–Crippen MR) is 82.2 cm³/mol. The van der Waals surface area contributed by atoms with Crippen LogP contribution in [0.3, 0.4) is 0 Å². The highest BCUT2D eigenvalue weighted by Crippen LogP contribution is 2.27. The van der Waals surface area contributed by atoms with Crippen LogP contribution < -0.4 is 5.73 Å². The summed E-state index contributed by atoms with van der Waals surface area (Å²) in [5.41, 5.74) is 10.1.